The first-order valence-electron chi connectivity index (χ1n) is 12.8. The standard InChI is InChI=1S/C30H32ClN5OS/c1-20-18-24(21(2)36(20)26-19-22(31)13-14-27(26)37-3)29-28(25-12-7-8-15-33-25)34-30(38)35(29)17-9-16-32-23-10-5-4-6-11-23/h4-8,10-15,18-19,28-29,32H,9,16-17H2,1-3H3,(H,34,38)/t28-,29+/m1/s1. The van der Waals surface area contributed by atoms with Crippen molar-refractivity contribution in [2.24, 2.45) is 0 Å². The average Bonchev–Trinajstić information content (AvgIpc) is 3.41. The Morgan fingerprint density at radius 3 is 2.58 bits per heavy atom. The summed E-state index contributed by atoms with van der Waals surface area (Å²) in [5.41, 5.74) is 6.42. The number of nitrogens with zero attached hydrogens (tertiary/aromatic N) is 3. The van der Waals surface area contributed by atoms with E-state index in [0.29, 0.717) is 5.02 Å². The second-order valence-electron chi connectivity index (χ2n) is 9.44. The third-order valence-corrected chi connectivity index (χ3v) is 7.63. The molecule has 8 heteroatoms. The van der Waals surface area contributed by atoms with E-state index < -0.39 is 0 Å². The van der Waals surface area contributed by atoms with Crippen LogP contribution in [0.4, 0.5) is 5.69 Å². The van der Waals surface area contributed by atoms with Gasteiger partial charge in [0, 0.05) is 41.4 Å². The molecule has 1 saturated heterocycles. The molecule has 4 aromatic rings. The van der Waals surface area contributed by atoms with Crippen LogP contribution in [0.15, 0.2) is 79.0 Å². The van der Waals surface area contributed by atoms with Gasteiger partial charge < -0.3 is 24.8 Å². The molecule has 2 atom stereocenters. The Morgan fingerprint density at radius 2 is 1.84 bits per heavy atom. The van der Waals surface area contributed by atoms with Crippen molar-refractivity contribution < 1.29 is 4.74 Å². The number of benzene rings is 2. The highest BCUT2D eigenvalue weighted by Crippen LogP contribution is 2.42. The maximum Gasteiger partial charge on any atom is 0.170 e. The quantitative estimate of drug-likeness (QED) is 0.182. The van der Waals surface area contributed by atoms with Crippen molar-refractivity contribution in [1.29, 1.82) is 0 Å². The molecule has 6 nitrogen and oxygen atoms in total. The van der Waals surface area contributed by atoms with Gasteiger partial charge in [-0.2, -0.15) is 0 Å². The number of anilines is 1. The van der Waals surface area contributed by atoms with E-state index in [1.807, 2.05) is 54.7 Å². The van der Waals surface area contributed by atoms with Crippen molar-refractivity contribution in [1.82, 2.24) is 19.8 Å². The smallest absolute Gasteiger partial charge is 0.170 e. The monoisotopic (exact) mass is 545 g/mol. The van der Waals surface area contributed by atoms with Crippen LogP contribution in [-0.2, 0) is 0 Å². The van der Waals surface area contributed by atoms with Crippen molar-refractivity contribution in [2.45, 2.75) is 32.4 Å². The van der Waals surface area contributed by atoms with Crippen molar-refractivity contribution >= 4 is 34.6 Å². The van der Waals surface area contributed by atoms with Crippen molar-refractivity contribution in [3.63, 3.8) is 0 Å². The Bertz CT molecular complexity index is 1410. The van der Waals surface area contributed by atoms with Crippen LogP contribution in [0.5, 0.6) is 5.75 Å². The molecule has 0 radical (unpaired) electrons. The number of aryl methyl sites for hydroxylation is 1. The Kier molecular flexibility index (Phi) is 7.86. The van der Waals surface area contributed by atoms with Gasteiger partial charge in [0.2, 0.25) is 0 Å². The molecule has 0 spiro atoms. The van der Waals surface area contributed by atoms with Crippen molar-refractivity contribution in [3.05, 3.63) is 107 Å². The van der Waals surface area contributed by atoms with Crippen LogP contribution in [0.1, 0.15) is 41.1 Å². The number of halogens is 1. The maximum atomic E-state index is 6.40. The molecular formula is C30H32ClN5OS. The fourth-order valence-corrected chi connectivity index (χ4v) is 5.82. The van der Waals surface area contributed by atoms with E-state index >= 15 is 0 Å². The lowest BCUT2D eigenvalue weighted by Crippen LogP contribution is -2.31. The number of hydrogen-bond acceptors (Lipinski definition) is 4. The van der Waals surface area contributed by atoms with E-state index in [2.05, 4.69) is 58.2 Å². The van der Waals surface area contributed by atoms with Gasteiger partial charge in [0.25, 0.3) is 0 Å². The molecule has 1 fully saturated rings. The van der Waals surface area contributed by atoms with Crippen LogP contribution in [0.2, 0.25) is 5.02 Å². The van der Waals surface area contributed by atoms with Crippen LogP contribution in [-0.4, -0.2) is 39.8 Å². The molecule has 1 aliphatic heterocycles. The summed E-state index contributed by atoms with van der Waals surface area (Å²) in [5.74, 6) is 0.771. The highest BCUT2D eigenvalue weighted by atomic mass is 35.5. The van der Waals surface area contributed by atoms with Crippen LogP contribution in [0.3, 0.4) is 0 Å². The lowest BCUT2D eigenvalue weighted by molar-refractivity contribution is 0.315. The van der Waals surface area contributed by atoms with E-state index in [1.54, 1.807) is 7.11 Å². The summed E-state index contributed by atoms with van der Waals surface area (Å²) in [4.78, 5) is 7.00. The number of nitrogens with one attached hydrogen (secondary N) is 2. The lowest BCUT2D eigenvalue weighted by atomic mass is 9.96. The number of methoxy groups -OCH3 is 1. The van der Waals surface area contributed by atoms with Gasteiger partial charge in [-0.3, -0.25) is 4.98 Å². The van der Waals surface area contributed by atoms with Crippen LogP contribution in [0, 0.1) is 13.8 Å². The zero-order valence-corrected chi connectivity index (χ0v) is 23.4. The molecule has 0 amide bonds. The van der Waals surface area contributed by atoms with Gasteiger partial charge >= 0.3 is 0 Å². The molecule has 5 rings (SSSR count). The van der Waals surface area contributed by atoms with Gasteiger partial charge in [0.1, 0.15) is 5.75 Å². The molecule has 2 N–H and O–H groups in total. The second-order valence-corrected chi connectivity index (χ2v) is 10.3. The Balaban J connectivity index is 1.49. The molecular weight excluding hydrogens is 514 g/mol. The van der Waals surface area contributed by atoms with Crippen LogP contribution in [0.25, 0.3) is 5.69 Å². The highest BCUT2D eigenvalue weighted by molar-refractivity contribution is 7.80. The highest BCUT2D eigenvalue weighted by Gasteiger charge is 2.41. The number of ether oxygens (including phenoxy) is 1. The first-order valence-corrected chi connectivity index (χ1v) is 13.6. The zero-order valence-electron chi connectivity index (χ0n) is 21.8. The summed E-state index contributed by atoms with van der Waals surface area (Å²) in [6.07, 6.45) is 2.77. The van der Waals surface area contributed by atoms with Gasteiger partial charge in [0.15, 0.2) is 5.11 Å². The van der Waals surface area contributed by atoms with Gasteiger partial charge in [-0.15, -0.1) is 0 Å². The van der Waals surface area contributed by atoms with Crippen LogP contribution < -0.4 is 15.4 Å². The van der Waals surface area contributed by atoms with Gasteiger partial charge in [-0.05, 0) is 86.6 Å². The van der Waals surface area contributed by atoms with Gasteiger partial charge in [-0.1, -0.05) is 35.9 Å². The minimum Gasteiger partial charge on any atom is -0.495 e. The number of pyridine rings is 1. The van der Waals surface area contributed by atoms with E-state index in [1.165, 1.54) is 5.56 Å². The molecule has 0 unspecified atom stereocenters. The largest absolute Gasteiger partial charge is 0.495 e. The molecule has 38 heavy (non-hydrogen) atoms. The lowest BCUT2D eigenvalue weighted by Gasteiger charge is -2.28. The topological polar surface area (TPSA) is 54.4 Å². The summed E-state index contributed by atoms with van der Waals surface area (Å²) in [5, 5.41) is 8.50. The number of para-hydroxylation sites is 1. The fraction of sp³-hybridized carbons (Fsp3) is 0.267. The molecule has 196 valence electrons. The molecule has 1 aliphatic rings. The Labute approximate surface area is 234 Å². The first-order chi connectivity index (χ1) is 18.5. The molecule has 0 bridgehead atoms. The summed E-state index contributed by atoms with van der Waals surface area (Å²) in [7, 11) is 1.68. The SMILES string of the molecule is COc1ccc(Cl)cc1-n1c(C)cc([C@H]2[C@@H](c3ccccn3)NC(=S)N2CCCNc2ccccc2)c1C. The minimum absolute atomic E-state index is 0.0146. The number of hydrogen-bond donors (Lipinski definition) is 2. The molecule has 2 aromatic carbocycles. The third kappa shape index (κ3) is 5.22. The summed E-state index contributed by atoms with van der Waals surface area (Å²) in [6, 6.07) is 24.2. The zero-order chi connectivity index (χ0) is 26.6. The van der Waals surface area contributed by atoms with Gasteiger partial charge in [0.05, 0.1) is 30.6 Å². The van der Waals surface area contributed by atoms with E-state index in [9.17, 15) is 0 Å². The maximum absolute atomic E-state index is 6.40. The average molecular weight is 546 g/mol. The Morgan fingerprint density at radius 1 is 1.05 bits per heavy atom. The third-order valence-electron chi connectivity index (χ3n) is 7.05. The van der Waals surface area contributed by atoms with E-state index in [0.717, 1.165) is 58.8 Å². The minimum atomic E-state index is -0.0685. The molecule has 3 heterocycles. The first kappa shape index (κ1) is 26.1. The molecule has 0 aliphatic carbocycles. The predicted molar refractivity (Wildman–Crippen MR) is 159 cm³/mol. The normalized spacial score (nSPS) is 16.9. The summed E-state index contributed by atoms with van der Waals surface area (Å²) >= 11 is 12.3. The molecule has 2 aromatic heterocycles. The van der Waals surface area contributed by atoms with E-state index in [-0.39, 0.29) is 12.1 Å². The Hall–Kier alpha value is -3.55. The second kappa shape index (κ2) is 11.5. The number of aromatic nitrogens is 2. The van der Waals surface area contributed by atoms with E-state index in [4.69, 9.17) is 33.5 Å². The fourth-order valence-electron chi connectivity index (χ4n) is 5.32. The number of thiocarbonyl (C=S) groups is 1. The van der Waals surface area contributed by atoms with Crippen molar-refractivity contribution in [3.8, 4) is 11.4 Å². The summed E-state index contributed by atoms with van der Waals surface area (Å²) in [6.45, 7) is 5.92. The summed E-state index contributed by atoms with van der Waals surface area (Å²) < 4.78 is 7.90. The van der Waals surface area contributed by atoms with Gasteiger partial charge in [-0.25, -0.2) is 0 Å². The van der Waals surface area contributed by atoms with Crippen LogP contribution >= 0.6 is 23.8 Å². The molecule has 0 saturated carbocycles. The predicted octanol–water partition coefficient (Wildman–Crippen LogP) is 6.63. The number of rotatable bonds is 9. The van der Waals surface area contributed by atoms with Crippen molar-refractivity contribution in [2.75, 3.05) is 25.5 Å².